The van der Waals surface area contributed by atoms with Gasteiger partial charge in [-0.15, -0.1) is 6.42 Å². The Morgan fingerprint density at radius 2 is 1.96 bits per heavy atom. The average molecular weight is 356 g/mol. The van der Waals surface area contributed by atoms with Gasteiger partial charge in [0.15, 0.2) is 5.79 Å². The maximum Gasteiger partial charge on any atom is 0.171 e. The number of epoxide rings is 1. The molecule has 6 atom stereocenters. The van der Waals surface area contributed by atoms with E-state index in [1.165, 1.54) is 5.57 Å². The third-order valence-electron chi connectivity index (χ3n) is 9.07. The monoisotopic (exact) mass is 356 g/mol. The molecule has 0 aromatic heterocycles. The van der Waals surface area contributed by atoms with Crippen molar-refractivity contribution in [3.05, 3.63) is 11.6 Å². The predicted molar refractivity (Wildman–Crippen MR) is 95.1 cm³/mol. The van der Waals surface area contributed by atoms with E-state index in [1.807, 2.05) is 0 Å². The van der Waals surface area contributed by atoms with Crippen LogP contribution in [0.4, 0.5) is 0 Å². The summed E-state index contributed by atoms with van der Waals surface area (Å²) in [5, 5.41) is 11.1. The first-order valence-corrected chi connectivity index (χ1v) is 10.3. The molecule has 1 N–H and O–H groups in total. The second-order valence-corrected chi connectivity index (χ2v) is 9.78. The highest BCUT2D eigenvalue weighted by Gasteiger charge is 2.79. The average Bonchev–Trinajstić information content (AvgIpc) is 2.98. The molecule has 2 saturated heterocycles. The van der Waals surface area contributed by atoms with Gasteiger partial charge in [0.1, 0.15) is 16.8 Å². The van der Waals surface area contributed by atoms with E-state index in [9.17, 15) is 5.11 Å². The van der Waals surface area contributed by atoms with Crippen molar-refractivity contribution in [2.75, 3.05) is 13.2 Å². The predicted octanol–water partition coefficient (Wildman–Crippen LogP) is 2.94. The molecule has 6 rings (SSSR count). The standard InChI is InChI=1S/C22H28O4/c1-3-19(23)8-6-16-15-4-9-20-14-21(24-12-13-25-21)10-11-22(20,26-20)17(15)5-7-18(16,19)2/h1,5,15-16,23H,4,6-14H2,2H3/t15-,16-,18-,19-,20+,22+/m0/s1. The van der Waals surface area contributed by atoms with Crippen LogP contribution in [0.2, 0.25) is 0 Å². The first-order valence-electron chi connectivity index (χ1n) is 10.3. The van der Waals surface area contributed by atoms with Gasteiger partial charge in [-0.3, -0.25) is 0 Å². The summed E-state index contributed by atoms with van der Waals surface area (Å²) >= 11 is 0. The zero-order chi connectivity index (χ0) is 17.8. The van der Waals surface area contributed by atoms with E-state index in [0.29, 0.717) is 25.0 Å². The summed E-state index contributed by atoms with van der Waals surface area (Å²) in [6, 6.07) is 0. The number of terminal acetylenes is 1. The van der Waals surface area contributed by atoms with Gasteiger partial charge in [0, 0.05) is 18.3 Å². The molecule has 1 spiro atoms. The van der Waals surface area contributed by atoms with E-state index in [-0.39, 0.29) is 16.6 Å². The summed E-state index contributed by atoms with van der Waals surface area (Å²) in [7, 11) is 0. The SMILES string of the molecule is C#C[C@]1(O)CC[C@H]2[C@@H]3CC[C@@]45CC6(CC[C@@]4(O5)C3=CC[C@@]21C)OCCO6. The second-order valence-electron chi connectivity index (χ2n) is 9.78. The quantitative estimate of drug-likeness (QED) is 0.412. The van der Waals surface area contributed by atoms with Crippen molar-refractivity contribution in [2.24, 2.45) is 17.3 Å². The Hall–Kier alpha value is -0.860. The van der Waals surface area contributed by atoms with Crippen LogP contribution in [-0.2, 0) is 14.2 Å². The molecule has 140 valence electrons. The van der Waals surface area contributed by atoms with Gasteiger partial charge in [0.2, 0.25) is 0 Å². The maximum atomic E-state index is 11.1. The highest BCUT2D eigenvalue weighted by atomic mass is 16.7. The lowest BCUT2D eigenvalue weighted by atomic mass is 9.53. The summed E-state index contributed by atoms with van der Waals surface area (Å²) in [6.45, 7) is 3.63. The molecule has 0 bridgehead atoms. The van der Waals surface area contributed by atoms with Crippen molar-refractivity contribution >= 4 is 0 Å². The van der Waals surface area contributed by atoms with Gasteiger partial charge < -0.3 is 19.3 Å². The van der Waals surface area contributed by atoms with E-state index in [0.717, 1.165) is 51.4 Å². The van der Waals surface area contributed by atoms with Crippen LogP contribution < -0.4 is 0 Å². The Morgan fingerprint density at radius 1 is 1.15 bits per heavy atom. The van der Waals surface area contributed by atoms with Gasteiger partial charge in [0.25, 0.3) is 0 Å². The zero-order valence-corrected chi connectivity index (χ0v) is 15.6. The van der Waals surface area contributed by atoms with Crippen molar-refractivity contribution in [3.8, 4) is 12.3 Å². The van der Waals surface area contributed by atoms with Crippen molar-refractivity contribution in [1.82, 2.24) is 0 Å². The first kappa shape index (κ1) is 16.1. The Bertz CT molecular complexity index is 746. The molecule has 6 aliphatic rings. The highest BCUT2D eigenvalue weighted by molar-refractivity contribution is 5.44. The number of allylic oxidation sites excluding steroid dienone is 1. The van der Waals surface area contributed by atoms with Crippen molar-refractivity contribution in [2.45, 2.75) is 80.9 Å². The van der Waals surface area contributed by atoms with Crippen LogP contribution in [0.3, 0.4) is 0 Å². The van der Waals surface area contributed by atoms with Gasteiger partial charge in [-0.25, -0.2) is 0 Å². The normalized spacial score (nSPS) is 56.0. The molecule has 0 aromatic rings. The summed E-state index contributed by atoms with van der Waals surface area (Å²) in [5.41, 5.74) is 0.190. The van der Waals surface area contributed by atoms with Crippen LogP contribution in [0.5, 0.6) is 0 Å². The highest BCUT2D eigenvalue weighted by Crippen LogP contribution is 2.74. The summed E-state index contributed by atoms with van der Waals surface area (Å²) in [5.74, 6) is 3.32. The molecule has 2 aliphatic heterocycles. The lowest BCUT2D eigenvalue weighted by molar-refractivity contribution is -0.185. The van der Waals surface area contributed by atoms with E-state index in [4.69, 9.17) is 20.6 Å². The first-order chi connectivity index (χ1) is 12.4. The number of hydrogen-bond acceptors (Lipinski definition) is 4. The maximum absolute atomic E-state index is 11.1. The largest absolute Gasteiger partial charge is 0.377 e. The molecular weight excluding hydrogens is 328 g/mol. The lowest BCUT2D eigenvalue weighted by Crippen LogP contribution is -2.53. The zero-order valence-electron chi connectivity index (χ0n) is 15.6. The molecule has 4 heteroatoms. The summed E-state index contributed by atoms with van der Waals surface area (Å²) in [6.07, 6.45) is 15.8. The number of aliphatic hydroxyl groups is 1. The number of rotatable bonds is 0. The minimum Gasteiger partial charge on any atom is -0.377 e. The van der Waals surface area contributed by atoms with Gasteiger partial charge in [0.05, 0.1) is 13.2 Å². The molecule has 26 heavy (non-hydrogen) atoms. The van der Waals surface area contributed by atoms with E-state index in [1.54, 1.807) is 0 Å². The van der Waals surface area contributed by atoms with Crippen molar-refractivity contribution in [3.63, 3.8) is 0 Å². The summed E-state index contributed by atoms with van der Waals surface area (Å²) in [4.78, 5) is 0. The molecule has 4 nitrogen and oxygen atoms in total. The second kappa shape index (κ2) is 4.58. The van der Waals surface area contributed by atoms with E-state index in [2.05, 4.69) is 18.9 Å². The van der Waals surface area contributed by atoms with Crippen molar-refractivity contribution in [1.29, 1.82) is 0 Å². The fraction of sp³-hybridized carbons (Fsp3) is 0.818. The molecule has 3 saturated carbocycles. The Labute approximate surface area is 155 Å². The minimum atomic E-state index is -0.960. The fourth-order valence-electron chi connectivity index (χ4n) is 7.58. The van der Waals surface area contributed by atoms with Crippen LogP contribution in [0.15, 0.2) is 11.6 Å². The van der Waals surface area contributed by atoms with E-state index < -0.39 is 11.4 Å². The van der Waals surface area contributed by atoms with Gasteiger partial charge >= 0.3 is 0 Å². The molecular formula is C22H28O4. The Kier molecular flexibility index (Phi) is 2.84. The Morgan fingerprint density at radius 3 is 2.73 bits per heavy atom. The molecule has 0 aromatic carbocycles. The number of fused-ring (bicyclic) bond motifs is 3. The molecule has 0 unspecified atom stereocenters. The summed E-state index contributed by atoms with van der Waals surface area (Å²) < 4.78 is 18.6. The molecule has 0 radical (unpaired) electrons. The minimum absolute atomic E-state index is 0.0767. The number of ether oxygens (including phenoxy) is 3. The van der Waals surface area contributed by atoms with Crippen LogP contribution in [0.1, 0.15) is 58.3 Å². The molecule has 5 fully saturated rings. The van der Waals surface area contributed by atoms with Crippen LogP contribution in [0, 0.1) is 29.6 Å². The van der Waals surface area contributed by atoms with Gasteiger partial charge in [-0.1, -0.05) is 18.9 Å². The van der Waals surface area contributed by atoms with Gasteiger partial charge in [-0.05, 0) is 55.9 Å². The fourth-order valence-corrected chi connectivity index (χ4v) is 7.58. The van der Waals surface area contributed by atoms with Crippen molar-refractivity contribution < 1.29 is 19.3 Å². The smallest absolute Gasteiger partial charge is 0.171 e. The third-order valence-corrected chi connectivity index (χ3v) is 9.07. The Balaban J connectivity index is 1.36. The topological polar surface area (TPSA) is 51.2 Å². The van der Waals surface area contributed by atoms with Crippen LogP contribution in [-0.4, -0.2) is 40.9 Å². The van der Waals surface area contributed by atoms with Gasteiger partial charge in [-0.2, -0.15) is 0 Å². The molecule has 2 heterocycles. The third kappa shape index (κ3) is 1.60. The number of hydrogen-bond donors (Lipinski definition) is 1. The molecule has 0 amide bonds. The molecule has 4 aliphatic carbocycles. The van der Waals surface area contributed by atoms with E-state index >= 15 is 0 Å². The van der Waals surface area contributed by atoms with Crippen LogP contribution in [0.25, 0.3) is 0 Å². The van der Waals surface area contributed by atoms with Crippen LogP contribution >= 0.6 is 0 Å². The lowest BCUT2D eigenvalue weighted by Gasteiger charge is -2.51.